The number of alkyl halides is 4. The monoisotopic (exact) mass is 549 g/mol. The van der Waals surface area contributed by atoms with Crippen molar-refractivity contribution in [3.63, 3.8) is 0 Å². The van der Waals surface area contributed by atoms with Crippen LogP contribution in [0, 0.1) is 0 Å². The molecule has 0 aliphatic carbocycles. The molecule has 0 bridgehead atoms. The maximum atomic E-state index is 3.25. The van der Waals surface area contributed by atoms with Crippen LogP contribution in [0.3, 0.4) is 0 Å². The van der Waals surface area contributed by atoms with Gasteiger partial charge in [0.25, 0.3) is 0 Å². The van der Waals surface area contributed by atoms with Gasteiger partial charge in [0.1, 0.15) is 4.11 Å². The predicted octanol–water partition coefficient (Wildman–Crippen LogP) is 2.88. The highest BCUT2D eigenvalue weighted by Gasteiger charge is 1.98. The minimum absolute atomic E-state index is 0.550. The largest absolute Gasteiger partial charge is 0.277 e. The molecule has 5 heteroatoms. The smallest absolute Gasteiger partial charge is 0.113 e. The molecule has 0 aromatic rings. The van der Waals surface area contributed by atoms with E-state index in [0.29, 0.717) is 4.11 Å². The maximum Gasteiger partial charge on any atom is 0.113 e. The van der Waals surface area contributed by atoms with E-state index in [1.54, 1.807) is 0 Å². The van der Waals surface area contributed by atoms with Crippen LogP contribution in [0.15, 0.2) is 0 Å². The fourth-order valence-corrected chi connectivity index (χ4v) is 4.29. The average Bonchev–Trinajstić information content (AvgIpc) is 1.27. The topological polar surface area (TPSA) is 12.0 Å². The van der Waals surface area contributed by atoms with Crippen LogP contribution in [-0.2, 0) is 0 Å². The molecule has 0 saturated heterocycles. The normalized spacial score (nSPS) is 11.1. The van der Waals surface area contributed by atoms with Crippen LogP contribution >= 0.6 is 90.4 Å². The zero-order valence-electron chi connectivity index (χ0n) is 3.17. The van der Waals surface area contributed by atoms with Gasteiger partial charge >= 0.3 is 0 Å². The molecule has 0 spiro atoms. The van der Waals surface area contributed by atoms with Crippen molar-refractivity contribution in [2.75, 3.05) is 0 Å². The van der Waals surface area contributed by atoms with Gasteiger partial charge < -0.3 is 0 Å². The van der Waals surface area contributed by atoms with Gasteiger partial charge in [-0.3, -0.25) is 5.32 Å². The van der Waals surface area contributed by atoms with Crippen molar-refractivity contribution in [2.45, 2.75) is 4.11 Å². The van der Waals surface area contributed by atoms with Crippen molar-refractivity contribution < 1.29 is 0 Å². The van der Waals surface area contributed by atoms with Gasteiger partial charge in [0.15, 0.2) is 0 Å². The van der Waals surface area contributed by atoms with Gasteiger partial charge in [-0.25, -0.2) is 0 Å². The second-order valence-electron chi connectivity index (χ2n) is 0.768. The van der Waals surface area contributed by atoms with Crippen molar-refractivity contribution in [1.82, 2.24) is 5.32 Å². The molecule has 0 atom stereocenters. The summed E-state index contributed by atoms with van der Waals surface area (Å²) >= 11 is 9.29. The van der Waals surface area contributed by atoms with E-state index in [0.717, 1.165) is 0 Å². The molecule has 1 nitrogen and oxygen atoms in total. The summed E-state index contributed by atoms with van der Waals surface area (Å²) < 4.78 is 1.10. The predicted molar refractivity (Wildman–Crippen MR) is 66.8 cm³/mol. The molecule has 0 aromatic carbocycles. The zero-order chi connectivity index (χ0) is 5.86. The SMILES string of the molecule is IC(I)NC(I)I. The fourth-order valence-electron chi connectivity index (χ4n) is 0.0952. The van der Waals surface area contributed by atoms with Gasteiger partial charge in [0.2, 0.25) is 0 Å². The van der Waals surface area contributed by atoms with Crippen LogP contribution in [0.2, 0.25) is 0 Å². The van der Waals surface area contributed by atoms with Crippen molar-refractivity contribution in [3.8, 4) is 0 Å². The Kier molecular flexibility index (Phi) is 7.97. The Balaban J connectivity index is 2.95. The lowest BCUT2D eigenvalue weighted by Gasteiger charge is -2.03. The Morgan fingerprint density at radius 2 is 1.14 bits per heavy atom. The minimum atomic E-state index is 0.550. The van der Waals surface area contributed by atoms with E-state index >= 15 is 0 Å². The molecule has 1 N–H and O–H groups in total. The summed E-state index contributed by atoms with van der Waals surface area (Å²) in [7, 11) is 0. The fraction of sp³-hybridized carbons (Fsp3) is 1.00. The second kappa shape index (κ2) is 5.65. The quantitative estimate of drug-likeness (QED) is 0.318. The Morgan fingerprint density at radius 3 is 1.14 bits per heavy atom. The van der Waals surface area contributed by atoms with E-state index < -0.39 is 0 Å². The first-order valence-electron chi connectivity index (χ1n) is 1.45. The number of halogens is 4. The molecule has 0 amide bonds. The molecule has 7 heavy (non-hydrogen) atoms. The number of hydrogen-bond donors (Lipinski definition) is 1. The van der Waals surface area contributed by atoms with Gasteiger partial charge in [-0.2, -0.15) is 0 Å². The van der Waals surface area contributed by atoms with E-state index in [-0.39, 0.29) is 0 Å². The van der Waals surface area contributed by atoms with Gasteiger partial charge in [0, 0.05) is 0 Å². The van der Waals surface area contributed by atoms with E-state index in [1.807, 2.05) is 0 Å². The Hall–Kier alpha value is 2.88. The van der Waals surface area contributed by atoms with Gasteiger partial charge in [-0.15, -0.1) is 0 Å². The first kappa shape index (κ1) is 9.88. The average molecular weight is 549 g/mol. The third-order valence-corrected chi connectivity index (χ3v) is 1.69. The molecule has 0 aromatic heterocycles. The van der Waals surface area contributed by atoms with Crippen LogP contribution in [-0.4, -0.2) is 4.11 Å². The molecule has 0 saturated carbocycles. The first-order chi connectivity index (χ1) is 3.13. The molecule has 0 rings (SSSR count). The lowest BCUT2D eigenvalue weighted by molar-refractivity contribution is 0.947. The second-order valence-corrected chi connectivity index (χ2v) is 10.5. The summed E-state index contributed by atoms with van der Waals surface area (Å²) in [6, 6.07) is 0. The molecular formula is C2H3I4N. The van der Waals surface area contributed by atoms with Crippen LogP contribution in [0.25, 0.3) is 0 Å². The molecule has 0 aliphatic rings. The molecule has 0 unspecified atom stereocenters. The molecule has 0 aliphatic heterocycles. The summed E-state index contributed by atoms with van der Waals surface area (Å²) in [6.07, 6.45) is 0. The lowest BCUT2D eigenvalue weighted by Crippen LogP contribution is -2.20. The number of rotatable bonds is 2. The van der Waals surface area contributed by atoms with Crippen molar-refractivity contribution >= 4 is 90.4 Å². The first-order valence-corrected chi connectivity index (χ1v) is 6.43. The van der Waals surface area contributed by atoms with Gasteiger partial charge in [-0.05, 0) is 0 Å². The molecule has 0 radical (unpaired) electrons. The lowest BCUT2D eigenvalue weighted by atomic mass is 11.3. The molecular weight excluding hydrogens is 546 g/mol. The van der Waals surface area contributed by atoms with Crippen molar-refractivity contribution in [3.05, 3.63) is 0 Å². The Labute approximate surface area is 97.7 Å². The Bertz CT molecular complexity index is 39.0. The highest BCUT2D eigenvalue weighted by Crippen LogP contribution is 2.12. The maximum absolute atomic E-state index is 3.25. The van der Waals surface area contributed by atoms with E-state index in [2.05, 4.69) is 95.7 Å². The number of nitrogens with one attached hydrogen (secondary N) is 1. The zero-order valence-corrected chi connectivity index (χ0v) is 11.8. The van der Waals surface area contributed by atoms with E-state index in [9.17, 15) is 0 Å². The summed E-state index contributed by atoms with van der Waals surface area (Å²) in [5.74, 6) is 0. The standard InChI is InChI=1S/C2H3I4N/c3-1(4)7-2(5)6/h1-2,7H. The number of hydrogen-bond acceptors (Lipinski definition) is 1. The Morgan fingerprint density at radius 1 is 0.857 bits per heavy atom. The van der Waals surface area contributed by atoms with E-state index in [1.165, 1.54) is 0 Å². The summed E-state index contributed by atoms with van der Waals surface area (Å²) in [5, 5.41) is 3.25. The molecule has 0 fully saturated rings. The third kappa shape index (κ3) is 8.88. The molecule has 44 valence electrons. The van der Waals surface area contributed by atoms with Gasteiger partial charge in [-0.1, -0.05) is 90.4 Å². The van der Waals surface area contributed by atoms with Crippen LogP contribution in [0.4, 0.5) is 0 Å². The van der Waals surface area contributed by atoms with Crippen LogP contribution in [0.1, 0.15) is 0 Å². The van der Waals surface area contributed by atoms with Crippen molar-refractivity contribution in [1.29, 1.82) is 0 Å². The molecule has 0 heterocycles. The third-order valence-electron chi connectivity index (χ3n) is 0.252. The summed E-state index contributed by atoms with van der Waals surface area (Å²) in [5.41, 5.74) is 0. The minimum Gasteiger partial charge on any atom is -0.277 e. The van der Waals surface area contributed by atoms with E-state index in [4.69, 9.17) is 0 Å². The highest BCUT2D eigenvalue weighted by molar-refractivity contribution is 14.2. The van der Waals surface area contributed by atoms with Gasteiger partial charge in [0.05, 0.1) is 0 Å². The van der Waals surface area contributed by atoms with Crippen LogP contribution in [0.5, 0.6) is 0 Å². The summed E-state index contributed by atoms with van der Waals surface area (Å²) in [4.78, 5) is 0. The highest BCUT2D eigenvalue weighted by atomic mass is 127. The van der Waals surface area contributed by atoms with Crippen LogP contribution < -0.4 is 5.32 Å². The van der Waals surface area contributed by atoms with Crippen molar-refractivity contribution in [2.24, 2.45) is 0 Å². The summed E-state index contributed by atoms with van der Waals surface area (Å²) in [6.45, 7) is 0.